The Morgan fingerprint density at radius 2 is 1.71 bits per heavy atom. The molecule has 0 aliphatic carbocycles. The van der Waals surface area contributed by atoms with E-state index in [1.165, 1.54) is 0 Å². The number of aromatic nitrogens is 2. The van der Waals surface area contributed by atoms with Crippen LogP contribution in [0.15, 0.2) is 49.1 Å². The van der Waals surface area contributed by atoms with Gasteiger partial charge < -0.3 is 5.11 Å². The largest absolute Gasteiger partial charge is 0.384 e. The molecule has 2 aromatic rings. The number of hydrogen-bond acceptors (Lipinski definition) is 3. The van der Waals surface area contributed by atoms with Crippen LogP contribution in [-0.2, 0) is 0 Å². The summed E-state index contributed by atoms with van der Waals surface area (Å²) in [5.41, 5.74) is 1.62. The monoisotopic (exact) mass is 186 g/mol. The summed E-state index contributed by atoms with van der Waals surface area (Å²) in [6, 6.07) is 7.23. The topological polar surface area (TPSA) is 46.0 Å². The highest BCUT2D eigenvalue weighted by molar-refractivity contribution is 5.25. The predicted molar refractivity (Wildman–Crippen MR) is 52.5 cm³/mol. The van der Waals surface area contributed by atoms with Gasteiger partial charge in [0.15, 0.2) is 0 Å². The summed E-state index contributed by atoms with van der Waals surface area (Å²) in [7, 11) is 0. The summed E-state index contributed by atoms with van der Waals surface area (Å²) < 4.78 is 0. The molecule has 0 fully saturated rings. The van der Waals surface area contributed by atoms with E-state index in [1.807, 2.05) is 6.07 Å². The first-order chi connectivity index (χ1) is 6.88. The highest BCUT2D eigenvalue weighted by Gasteiger charge is 2.08. The molecule has 2 heterocycles. The number of aliphatic hydroxyl groups excluding tert-OH is 1. The van der Waals surface area contributed by atoms with Crippen LogP contribution in [-0.4, -0.2) is 15.1 Å². The average Bonchev–Trinajstić information content (AvgIpc) is 2.30. The lowest BCUT2D eigenvalue weighted by Crippen LogP contribution is -1.99. The molecule has 0 aliphatic rings. The van der Waals surface area contributed by atoms with E-state index in [1.54, 1.807) is 43.0 Å². The van der Waals surface area contributed by atoms with Gasteiger partial charge in [-0.15, -0.1) is 0 Å². The zero-order chi connectivity index (χ0) is 9.80. The van der Waals surface area contributed by atoms with Crippen molar-refractivity contribution < 1.29 is 5.11 Å². The summed E-state index contributed by atoms with van der Waals surface area (Å²) in [6.07, 6.45) is 6.05. The molecule has 1 atom stereocenters. The summed E-state index contributed by atoms with van der Waals surface area (Å²) in [5.74, 6) is 0. The first-order valence-corrected chi connectivity index (χ1v) is 4.36. The Labute approximate surface area is 82.1 Å². The van der Waals surface area contributed by atoms with Gasteiger partial charge in [0.2, 0.25) is 0 Å². The van der Waals surface area contributed by atoms with E-state index < -0.39 is 6.10 Å². The fourth-order valence-electron chi connectivity index (χ4n) is 1.28. The summed E-state index contributed by atoms with van der Waals surface area (Å²) in [4.78, 5) is 7.85. The Balaban J connectivity index is 2.30. The molecular weight excluding hydrogens is 176 g/mol. The molecule has 3 nitrogen and oxygen atoms in total. The van der Waals surface area contributed by atoms with Crippen molar-refractivity contribution in [3.63, 3.8) is 0 Å². The van der Waals surface area contributed by atoms with E-state index >= 15 is 0 Å². The van der Waals surface area contributed by atoms with Crippen molar-refractivity contribution in [1.82, 2.24) is 9.97 Å². The van der Waals surface area contributed by atoms with Crippen LogP contribution >= 0.6 is 0 Å². The molecule has 3 heteroatoms. The van der Waals surface area contributed by atoms with Gasteiger partial charge in [-0.2, -0.15) is 0 Å². The molecule has 0 amide bonds. The molecule has 0 aliphatic heterocycles. The third-order valence-corrected chi connectivity index (χ3v) is 2.02. The number of nitrogens with zero attached hydrogens (tertiary/aromatic N) is 2. The highest BCUT2D eigenvalue weighted by atomic mass is 16.3. The zero-order valence-electron chi connectivity index (χ0n) is 7.54. The second-order valence-electron chi connectivity index (χ2n) is 2.97. The number of hydrogen-bond donors (Lipinski definition) is 1. The Hall–Kier alpha value is -1.74. The second-order valence-corrected chi connectivity index (χ2v) is 2.97. The highest BCUT2D eigenvalue weighted by Crippen LogP contribution is 2.19. The van der Waals surface area contributed by atoms with Gasteiger partial charge in [-0.05, 0) is 23.8 Å². The normalized spacial score (nSPS) is 12.4. The maximum Gasteiger partial charge on any atom is 0.106 e. The Morgan fingerprint density at radius 3 is 2.36 bits per heavy atom. The molecule has 0 radical (unpaired) electrons. The fraction of sp³-hybridized carbons (Fsp3) is 0.0909. The van der Waals surface area contributed by atoms with Crippen molar-refractivity contribution in [2.45, 2.75) is 6.10 Å². The number of pyridine rings is 2. The van der Waals surface area contributed by atoms with Gasteiger partial charge in [0.1, 0.15) is 6.10 Å². The van der Waals surface area contributed by atoms with Crippen LogP contribution < -0.4 is 0 Å². The molecule has 2 aromatic heterocycles. The van der Waals surface area contributed by atoms with E-state index in [-0.39, 0.29) is 0 Å². The molecule has 0 bridgehead atoms. The molecule has 0 aromatic carbocycles. The standard InChI is InChI=1S/C11H10N2O/c14-11(9-3-6-12-7-4-9)10-2-1-5-13-8-10/h1-8,11,14H/t11-/m0/s1. The molecular formula is C11H10N2O. The first-order valence-electron chi connectivity index (χ1n) is 4.36. The second kappa shape index (κ2) is 3.98. The van der Waals surface area contributed by atoms with Crippen molar-refractivity contribution in [1.29, 1.82) is 0 Å². The quantitative estimate of drug-likeness (QED) is 0.774. The number of rotatable bonds is 2. The van der Waals surface area contributed by atoms with E-state index in [0.29, 0.717) is 0 Å². The van der Waals surface area contributed by atoms with Crippen molar-refractivity contribution in [3.05, 3.63) is 60.2 Å². The molecule has 14 heavy (non-hydrogen) atoms. The van der Waals surface area contributed by atoms with Gasteiger partial charge in [-0.3, -0.25) is 9.97 Å². The van der Waals surface area contributed by atoms with Crippen LogP contribution in [0.3, 0.4) is 0 Å². The van der Waals surface area contributed by atoms with Crippen LogP contribution in [0.5, 0.6) is 0 Å². The Morgan fingerprint density at radius 1 is 0.929 bits per heavy atom. The van der Waals surface area contributed by atoms with Gasteiger partial charge in [0, 0.05) is 30.4 Å². The molecule has 0 spiro atoms. The molecule has 2 rings (SSSR count). The van der Waals surface area contributed by atoms with Crippen LogP contribution in [0.25, 0.3) is 0 Å². The predicted octanol–water partition coefficient (Wildman–Crippen LogP) is 1.56. The van der Waals surface area contributed by atoms with E-state index in [9.17, 15) is 5.11 Å². The minimum atomic E-state index is -0.619. The lowest BCUT2D eigenvalue weighted by atomic mass is 10.1. The SMILES string of the molecule is O[C@@H](c1ccncc1)c1cccnc1. The van der Waals surface area contributed by atoms with Crippen molar-refractivity contribution in [3.8, 4) is 0 Å². The lowest BCUT2D eigenvalue weighted by Gasteiger charge is -2.09. The van der Waals surface area contributed by atoms with Crippen LogP contribution in [0.4, 0.5) is 0 Å². The van der Waals surface area contributed by atoms with Crippen molar-refractivity contribution >= 4 is 0 Å². The summed E-state index contributed by atoms with van der Waals surface area (Å²) in [6.45, 7) is 0. The van der Waals surface area contributed by atoms with Crippen molar-refractivity contribution in [2.24, 2.45) is 0 Å². The van der Waals surface area contributed by atoms with Crippen LogP contribution in [0.2, 0.25) is 0 Å². The maximum absolute atomic E-state index is 9.92. The third-order valence-electron chi connectivity index (χ3n) is 2.02. The molecule has 0 saturated heterocycles. The minimum Gasteiger partial charge on any atom is -0.384 e. The maximum atomic E-state index is 9.92. The average molecular weight is 186 g/mol. The van der Waals surface area contributed by atoms with Gasteiger partial charge in [-0.25, -0.2) is 0 Å². The van der Waals surface area contributed by atoms with E-state index in [2.05, 4.69) is 9.97 Å². The minimum absolute atomic E-state index is 0.619. The van der Waals surface area contributed by atoms with Crippen LogP contribution in [0, 0.1) is 0 Å². The Kier molecular flexibility index (Phi) is 2.51. The van der Waals surface area contributed by atoms with E-state index in [0.717, 1.165) is 11.1 Å². The molecule has 0 saturated carbocycles. The third kappa shape index (κ3) is 1.78. The summed E-state index contributed by atoms with van der Waals surface area (Å²) >= 11 is 0. The first kappa shape index (κ1) is 8.84. The fourth-order valence-corrected chi connectivity index (χ4v) is 1.28. The zero-order valence-corrected chi connectivity index (χ0v) is 7.54. The van der Waals surface area contributed by atoms with Gasteiger partial charge in [-0.1, -0.05) is 6.07 Å². The summed E-state index contributed by atoms with van der Waals surface area (Å²) in [5, 5.41) is 9.92. The molecule has 70 valence electrons. The molecule has 0 unspecified atom stereocenters. The van der Waals surface area contributed by atoms with Crippen LogP contribution in [0.1, 0.15) is 17.2 Å². The lowest BCUT2D eigenvalue weighted by molar-refractivity contribution is 0.220. The van der Waals surface area contributed by atoms with Gasteiger partial charge in [0.25, 0.3) is 0 Å². The van der Waals surface area contributed by atoms with Gasteiger partial charge in [0.05, 0.1) is 0 Å². The van der Waals surface area contributed by atoms with Gasteiger partial charge >= 0.3 is 0 Å². The molecule has 1 N–H and O–H groups in total. The van der Waals surface area contributed by atoms with Crippen molar-refractivity contribution in [2.75, 3.05) is 0 Å². The smallest absolute Gasteiger partial charge is 0.106 e. The van der Waals surface area contributed by atoms with E-state index in [4.69, 9.17) is 0 Å². The number of aliphatic hydroxyl groups is 1. The Bertz CT molecular complexity index is 349.